The number of nitrogens with one attached hydrogen (secondary N) is 2. The van der Waals surface area contributed by atoms with E-state index in [1.165, 1.54) is 0 Å². The van der Waals surface area contributed by atoms with E-state index in [9.17, 15) is 31.7 Å². The Labute approximate surface area is 169 Å². The quantitative estimate of drug-likeness (QED) is 0.465. The summed E-state index contributed by atoms with van der Waals surface area (Å²) in [6.45, 7) is 3.11. The number of nitro benzene ring substituents is 1. The molecule has 0 aliphatic carbocycles. The van der Waals surface area contributed by atoms with Gasteiger partial charge in [0.25, 0.3) is 15.9 Å². The second kappa shape index (κ2) is 8.43. The minimum absolute atomic E-state index is 0.0838. The zero-order valence-corrected chi connectivity index (χ0v) is 16.5. The van der Waals surface area contributed by atoms with Crippen LogP contribution in [0.15, 0.2) is 36.4 Å². The number of nitro groups is 1. The van der Waals surface area contributed by atoms with Gasteiger partial charge >= 0.3 is 6.18 Å². The maximum Gasteiger partial charge on any atom is 0.416 e. The minimum Gasteiger partial charge on any atom is -0.456 e. The highest BCUT2D eigenvalue weighted by Gasteiger charge is 2.31. The van der Waals surface area contributed by atoms with E-state index in [4.69, 9.17) is 16.3 Å². The molecule has 0 saturated carbocycles. The Bertz CT molecular complexity index is 1030. The summed E-state index contributed by atoms with van der Waals surface area (Å²) in [6, 6.07) is 5.08. The maximum absolute atomic E-state index is 12.7. The molecule has 0 heterocycles. The maximum atomic E-state index is 12.7. The second-order valence-corrected chi connectivity index (χ2v) is 7.91. The molecule has 0 amide bonds. The van der Waals surface area contributed by atoms with Crippen molar-refractivity contribution in [3.63, 3.8) is 0 Å². The Morgan fingerprint density at radius 3 is 2.34 bits per heavy atom. The van der Waals surface area contributed by atoms with Gasteiger partial charge in [-0.1, -0.05) is 11.6 Å². The van der Waals surface area contributed by atoms with Gasteiger partial charge in [-0.05, 0) is 38.1 Å². The molecule has 0 atom stereocenters. The smallest absolute Gasteiger partial charge is 0.416 e. The molecule has 0 spiro atoms. The molecule has 158 valence electrons. The van der Waals surface area contributed by atoms with Crippen molar-refractivity contribution in [1.82, 2.24) is 4.72 Å². The SMILES string of the molecule is CC(C)NS(=O)(=O)Nc1cc(Oc2ccc(C(F)(F)F)cc2Cl)ccc1[N+](=O)[O-]. The third kappa shape index (κ3) is 6.21. The van der Waals surface area contributed by atoms with E-state index in [-0.39, 0.29) is 16.5 Å². The van der Waals surface area contributed by atoms with Gasteiger partial charge in [-0.2, -0.15) is 26.3 Å². The van der Waals surface area contributed by atoms with Crippen LogP contribution >= 0.6 is 11.6 Å². The van der Waals surface area contributed by atoms with Gasteiger partial charge in [-0.25, -0.2) is 0 Å². The average Bonchev–Trinajstić information content (AvgIpc) is 2.54. The molecule has 0 unspecified atom stereocenters. The molecule has 2 aromatic rings. The highest BCUT2D eigenvalue weighted by molar-refractivity contribution is 7.90. The zero-order chi connectivity index (χ0) is 22.0. The van der Waals surface area contributed by atoms with E-state index in [2.05, 4.69) is 4.72 Å². The predicted molar refractivity (Wildman–Crippen MR) is 100 cm³/mol. The number of hydrogen-bond donors (Lipinski definition) is 2. The lowest BCUT2D eigenvalue weighted by molar-refractivity contribution is -0.383. The van der Waals surface area contributed by atoms with Crippen LogP contribution in [0.2, 0.25) is 5.02 Å². The van der Waals surface area contributed by atoms with Crippen LogP contribution in [0.3, 0.4) is 0 Å². The van der Waals surface area contributed by atoms with Crippen molar-refractivity contribution in [2.45, 2.75) is 26.1 Å². The lowest BCUT2D eigenvalue weighted by Crippen LogP contribution is -2.35. The summed E-state index contributed by atoms with van der Waals surface area (Å²) in [6.07, 6.45) is -4.59. The van der Waals surface area contributed by atoms with Crippen molar-refractivity contribution < 1.29 is 31.2 Å². The third-order valence-corrected chi connectivity index (χ3v) is 4.85. The number of nitrogens with zero attached hydrogens (tertiary/aromatic N) is 1. The summed E-state index contributed by atoms with van der Waals surface area (Å²) in [5.74, 6) is -0.234. The van der Waals surface area contributed by atoms with Crippen LogP contribution in [0.1, 0.15) is 19.4 Å². The first-order valence-electron chi connectivity index (χ1n) is 7.91. The minimum atomic E-state index is -4.59. The number of ether oxygens (including phenoxy) is 1. The highest BCUT2D eigenvalue weighted by Crippen LogP contribution is 2.38. The lowest BCUT2D eigenvalue weighted by Gasteiger charge is -2.14. The summed E-state index contributed by atoms with van der Waals surface area (Å²) < 4.78 is 71.8. The van der Waals surface area contributed by atoms with Gasteiger partial charge in [0.05, 0.1) is 15.5 Å². The molecule has 0 saturated heterocycles. The van der Waals surface area contributed by atoms with Crippen molar-refractivity contribution in [3.8, 4) is 11.5 Å². The molecule has 0 radical (unpaired) electrons. The molecular weight excluding hydrogens is 439 g/mol. The van der Waals surface area contributed by atoms with Crippen LogP contribution in [0.5, 0.6) is 11.5 Å². The first-order chi connectivity index (χ1) is 13.3. The molecule has 2 rings (SSSR count). The lowest BCUT2D eigenvalue weighted by atomic mass is 10.2. The Hall–Kier alpha value is -2.57. The highest BCUT2D eigenvalue weighted by atomic mass is 35.5. The number of benzene rings is 2. The molecular formula is C16H15ClF3N3O5S. The average molecular weight is 454 g/mol. The van der Waals surface area contributed by atoms with Gasteiger partial charge in [0.2, 0.25) is 0 Å². The van der Waals surface area contributed by atoms with Crippen LogP contribution < -0.4 is 14.2 Å². The zero-order valence-electron chi connectivity index (χ0n) is 15.0. The standard InChI is InChI=1S/C16H15ClF3N3O5S/c1-9(2)21-29(26,27)22-13-8-11(4-5-14(13)23(24)25)28-15-6-3-10(7-12(15)17)16(18,19)20/h3-9,21-22H,1-2H3. The van der Waals surface area contributed by atoms with Crippen molar-refractivity contribution in [2.75, 3.05) is 4.72 Å². The molecule has 2 N–H and O–H groups in total. The Kier molecular flexibility index (Phi) is 6.60. The number of anilines is 1. The molecule has 0 aliphatic heterocycles. The largest absolute Gasteiger partial charge is 0.456 e. The molecule has 29 heavy (non-hydrogen) atoms. The first-order valence-corrected chi connectivity index (χ1v) is 9.78. The van der Waals surface area contributed by atoms with Crippen molar-refractivity contribution >= 4 is 33.2 Å². The summed E-state index contributed by atoms with van der Waals surface area (Å²) in [5, 5.41) is 10.8. The van der Waals surface area contributed by atoms with E-state index in [0.717, 1.165) is 30.3 Å². The van der Waals surface area contributed by atoms with Crippen LogP contribution in [0, 0.1) is 10.1 Å². The Balaban J connectivity index is 2.37. The van der Waals surface area contributed by atoms with Crippen molar-refractivity contribution in [3.05, 3.63) is 57.1 Å². The van der Waals surface area contributed by atoms with Crippen molar-refractivity contribution in [2.24, 2.45) is 0 Å². The molecule has 0 bridgehead atoms. The van der Waals surface area contributed by atoms with Crippen LogP contribution in [-0.2, 0) is 16.4 Å². The Morgan fingerprint density at radius 2 is 1.83 bits per heavy atom. The third-order valence-electron chi connectivity index (χ3n) is 3.29. The monoisotopic (exact) mass is 453 g/mol. The fourth-order valence-corrected chi connectivity index (χ4v) is 3.54. The molecule has 2 aromatic carbocycles. The van der Waals surface area contributed by atoms with Gasteiger partial charge in [0.15, 0.2) is 0 Å². The number of rotatable bonds is 7. The van der Waals surface area contributed by atoms with E-state index < -0.39 is 44.3 Å². The summed E-state index contributed by atoms with van der Waals surface area (Å²) in [7, 11) is -4.12. The molecule has 8 nitrogen and oxygen atoms in total. The van der Waals surface area contributed by atoms with E-state index in [0.29, 0.717) is 6.07 Å². The summed E-state index contributed by atoms with van der Waals surface area (Å²) in [4.78, 5) is 10.4. The van der Waals surface area contributed by atoms with Crippen LogP contribution in [0.4, 0.5) is 24.5 Å². The van der Waals surface area contributed by atoms with Gasteiger partial charge in [0, 0.05) is 18.2 Å². The molecule has 0 aliphatic rings. The summed E-state index contributed by atoms with van der Waals surface area (Å²) in [5.41, 5.74) is -1.93. The van der Waals surface area contributed by atoms with Gasteiger partial charge in [-0.3, -0.25) is 14.8 Å². The van der Waals surface area contributed by atoms with Crippen molar-refractivity contribution in [1.29, 1.82) is 0 Å². The fraction of sp³-hybridized carbons (Fsp3) is 0.250. The Morgan fingerprint density at radius 1 is 1.17 bits per heavy atom. The van der Waals surface area contributed by atoms with Gasteiger partial charge in [0.1, 0.15) is 17.2 Å². The van der Waals surface area contributed by atoms with Gasteiger partial charge in [-0.15, -0.1) is 0 Å². The topological polar surface area (TPSA) is 111 Å². The summed E-state index contributed by atoms with van der Waals surface area (Å²) >= 11 is 5.82. The number of halogens is 4. The molecule has 13 heteroatoms. The fourth-order valence-electron chi connectivity index (χ4n) is 2.19. The second-order valence-electron chi connectivity index (χ2n) is 6.06. The predicted octanol–water partition coefficient (Wildman–Crippen LogP) is 4.71. The normalized spacial score (nSPS) is 12.1. The molecule has 0 aromatic heterocycles. The van der Waals surface area contributed by atoms with Gasteiger partial charge < -0.3 is 4.74 Å². The van der Waals surface area contributed by atoms with Crippen LogP contribution in [0.25, 0.3) is 0 Å². The van der Waals surface area contributed by atoms with E-state index in [1.807, 2.05) is 4.72 Å². The first kappa shape index (κ1) is 22.7. The van der Waals surface area contributed by atoms with Crippen LogP contribution in [-0.4, -0.2) is 19.4 Å². The van der Waals surface area contributed by atoms with E-state index in [1.54, 1.807) is 13.8 Å². The molecule has 0 fully saturated rings. The number of alkyl halides is 3. The number of hydrogen-bond acceptors (Lipinski definition) is 5. The van der Waals surface area contributed by atoms with E-state index >= 15 is 0 Å².